The highest BCUT2D eigenvalue weighted by Crippen LogP contribution is 2.22. The molecule has 4 rings (SSSR count). The Balaban J connectivity index is 1.23. The largest absolute Gasteiger partial charge is 0.489 e. The van der Waals surface area contributed by atoms with E-state index in [0.717, 1.165) is 22.6 Å². The normalized spacial score (nSPS) is 10.9. The molecule has 0 saturated heterocycles. The predicted octanol–water partition coefficient (Wildman–Crippen LogP) is 6.63. The molecule has 170 valence electrons. The van der Waals surface area contributed by atoms with Crippen molar-refractivity contribution in [3.63, 3.8) is 0 Å². The van der Waals surface area contributed by atoms with Crippen molar-refractivity contribution in [2.75, 3.05) is 0 Å². The SMILES string of the molecule is Cc1ccc(COc2ccc(/C=N/NC(=O)c3ccc(CSc4ccccc4)cc3)cc2)cc1. The molecule has 0 aliphatic heterocycles. The molecule has 0 fully saturated rings. The highest BCUT2D eigenvalue weighted by Gasteiger charge is 2.04. The van der Waals surface area contributed by atoms with Crippen LogP contribution in [0.1, 0.15) is 32.6 Å². The number of amides is 1. The van der Waals surface area contributed by atoms with Crippen molar-refractivity contribution in [1.29, 1.82) is 0 Å². The molecule has 0 radical (unpaired) electrons. The number of hydrazone groups is 1. The molecule has 34 heavy (non-hydrogen) atoms. The summed E-state index contributed by atoms with van der Waals surface area (Å²) in [4.78, 5) is 13.6. The molecular formula is C29H26N2O2S. The van der Waals surface area contributed by atoms with Gasteiger partial charge in [0.05, 0.1) is 6.21 Å². The standard InChI is InChI=1S/C29H26N2O2S/c1-22-7-9-24(10-8-22)20-33-27-17-13-23(14-18-27)19-30-31-29(32)26-15-11-25(12-16-26)21-34-28-5-3-2-4-6-28/h2-19H,20-21H2,1H3,(H,31,32)/b30-19+. The summed E-state index contributed by atoms with van der Waals surface area (Å²) in [5, 5.41) is 4.08. The molecule has 1 amide bonds. The van der Waals surface area contributed by atoms with E-state index >= 15 is 0 Å². The zero-order valence-electron chi connectivity index (χ0n) is 19.0. The van der Waals surface area contributed by atoms with Crippen LogP contribution in [0.25, 0.3) is 0 Å². The Kier molecular flexibility index (Phi) is 8.14. The van der Waals surface area contributed by atoms with Crippen LogP contribution < -0.4 is 10.2 Å². The van der Waals surface area contributed by atoms with Crippen LogP contribution >= 0.6 is 11.8 Å². The summed E-state index contributed by atoms with van der Waals surface area (Å²) < 4.78 is 5.82. The molecule has 0 aromatic heterocycles. The first-order valence-electron chi connectivity index (χ1n) is 11.0. The van der Waals surface area contributed by atoms with Crippen molar-refractivity contribution < 1.29 is 9.53 Å². The summed E-state index contributed by atoms with van der Waals surface area (Å²) in [6, 6.07) is 33.7. The van der Waals surface area contributed by atoms with Gasteiger partial charge in [-0.2, -0.15) is 5.10 Å². The summed E-state index contributed by atoms with van der Waals surface area (Å²) in [6.07, 6.45) is 1.62. The Hall–Kier alpha value is -3.83. The lowest BCUT2D eigenvalue weighted by atomic mass is 10.1. The topological polar surface area (TPSA) is 50.7 Å². The van der Waals surface area contributed by atoms with Gasteiger partial charge in [-0.05, 0) is 72.1 Å². The van der Waals surface area contributed by atoms with E-state index in [1.165, 1.54) is 16.0 Å². The van der Waals surface area contributed by atoms with Crippen LogP contribution in [-0.2, 0) is 12.4 Å². The molecule has 1 N–H and O–H groups in total. The maximum Gasteiger partial charge on any atom is 0.271 e. The number of thioether (sulfide) groups is 1. The third kappa shape index (κ3) is 7.09. The minimum absolute atomic E-state index is 0.239. The van der Waals surface area contributed by atoms with Gasteiger partial charge in [0.15, 0.2) is 0 Å². The third-order valence-corrected chi connectivity index (χ3v) is 6.23. The predicted molar refractivity (Wildman–Crippen MR) is 139 cm³/mol. The molecule has 0 aliphatic rings. The van der Waals surface area contributed by atoms with E-state index in [4.69, 9.17) is 4.74 Å². The molecule has 0 unspecified atom stereocenters. The number of carbonyl (C=O) groups is 1. The van der Waals surface area contributed by atoms with E-state index < -0.39 is 0 Å². The Morgan fingerprint density at radius 2 is 1.53 bits per heavy atom. The fraction of sp³-hybridized carbons (Fsp3) is 0.103. The van der Waals surface area contributed by atoms with Gasteiger partial charge in [-0.25, -0.2) is 5.43 Å². The van der Waals surface area contributed by atoms with E-state index in [1.807, 2.05) is 66.7 Å². The van der Waals surface area contributed by atoms with E-state index in [1.54, 1.807) is 18.0 Å². The van der Waals surface area contributed by atoms with Crippen molar-refractivity contribution in [2.45, 2.75) is 24.2 Å². The lowest BCUT2D eigenvalue weighted by Gasteiger charge is -2.07. The van der Waals surface area contributed by atoms with Gasteiger partial charge in [0.1, 0.15) is 12.4 Å². The van der Waals surface area contributed by atoms with Gasteiger partial charge in [0.25, 0.3) is 5.91 Å². The van der Waals surface area contributed by atoms with Crippen LogP contribution in [0.15, 0.2) is 113 Å². The molecular weight excluding hydrogens is 440 g/mol. The van der Waals surface area contributed by atoms with Gasteiger partial charge < -0.3 is 4.74 Å². The van der Waals surface area contributed by atoms with Crippen LogP contribution in [0.5, 0.6) is 5.75 Å². The average molecular weight is 467 g/mol. The van der Waals surface area contributed by atoms with E-state index in [9.17, 15) is 4.79 Å². The summed E-state index contributed by atoms with van der Waals surface area (Å²) in [5.74, 6) is 1.40. The van der Waals surface area contributed by atoms with Gasteiger partial charge in [-0.3, -0.25) is 4.79 Å². The summed E-state index contributed by atoms with van der Waals surface area (Å²) in [7, 11) is 0. The molecule has 0 heterocycles. The van der Waals surface area contributed by atoms with Gasteiger partial charge in [-0.1, -0.05) is 60.2 Å². The monoisotopic (exact) mass is 466 g/mol. The van der Waals surface area contributed by atoms with Crippen molar-refractivity contribution in [1.82, 2.24) is 5.43 Å². The lowest BCUT2D eigenvalue weighted by Crippen LogP contribution is -2.17. The van der Waals surface area contributed by atoms with Gasteiger partial charge in [-0.15, -0.1) is 11.8 Å². The van der Waals surface area contributed by atoms with Gasteiger partial charge in [0.2, 0.25) is 0 Å². The van der Waals surface area contributed by atoms with Crippen molar-refractivity contribution in [3.05, 3.63) is 131 Å². The van der Waals surface area contributed by atoms with E-state index in [-0.39, 0.29) is 5.91 Å². The number of nitrogens with zero attached hydrogens (tertiary/aromatic N) is 1. The highest BCUT2D eigenvalue weighted by atomic mass is 32.2. The van der Waals surface area contributed by atoms with Crippen molar-refractivity contribution in [3.8, 4) is 5.75 Å². The molecule has 0 aliphatic carbocycles. The number of hydrogen-bond acceptors (Lipinski definition) is 4. The molecule has 5 heteroatoms. The van der Waals surface area contributed by atoms with Gasteiger partial charge >= 0.3 is 0 Å². The number of nitrogens with one attached hydrogen (secondary N) is 1. The van der Waals surface area contributed by atoms with Crippen LogP contribution in [0, 0.1) is 6.92 Å². The maximum absolute atomic E-state index is 12.4. The second-order valence-corrected chi connectivity index (χ2v) is 8.89. The van der Waals surface area contributed by atoms with E-state index in [0.29, 0.717) is 12.2 Å². The Morgan fingerprint density at radius 1 is 0.853 bits per heavy atom. The number of hydrogen-bond donors (Lipinski definition) is 1. The third-order valence-electron chi connectivity index (χ3n) is 5.15. The van der Waals surface area contributed by atoms with Crippen LogP contribution in [0.2, 0.25) is 0 Å². The molecule has 4 aromatic carbocycles. The number of benzene rings is 4. The van der Waals surface area contributed by atoms with Crippen LogP contribution in [0.3, 0.4) is 0 Å². The fourth-order valence-corrected chi connectivity index (χ4v) is 4.04. The van der Waals surface area contributed by atoms with E-state index in [2.05, 4.69) is 53.8 Å². The van der Waals surface area contributed by atoms with Crippen LogP contribution in [-0.4, -0.2) is 12.1 Å². The second-order valence-electron chi connectivity index (χ2n) is 7.84. The maximum atomic E-state index is 12.4. The first-order chi connectivity index (χ1) is 16.7. The lowest BCUT2D eigenvalue weighted by molar-refractivity contribution is 0.0955. The van der Waals surface area contributed by atoms with Crippen LogP contribution in [0.4, 0.5) is 0 Å². The first kappa shape index (κ1) is 23.3. The molecule has 0 saturated carbocycles. The summed E-state index contributed by atoms with van der Waals surface area (Å²) >= 11 is 1.77. The quantitative estimate of drug-likeness (QED) is 0.171. The highest BCUT2D eigenvalue weighted by molar-refractivity contribution is 7.98. The summed E-state index contributed by atoms with van der Waals surface area (Å²) in [5.41, 5.74) is 7.55. The number of rotatable bonds is 9. The minimum atomic E-state index is -0.239. The summed E-state index contributed by atoms with van der Waals surface area (Å²) in [6.45, 7) is 2.59. The number of ether oxygens (including phenoxy) is 1. The molecule has 0 bridgehead atoms. The Morgan fingerprint density at radius 3 is 2.24 bits per heavy atom. The van der Waals surface area contributed by atoms with Gasteiger partial charge in [0, 0.05) is 16.2 Å². The fourth-order valence-electron chi connectivity index (χ4n) is 3.17. The molecule has 4 nitrogen and oxygen atoms in total. The zero-order valence-corrected chi connectivity index (χ0v) is 19.8. The molecule has 0 spiro atoms. The Labute approximate surface area is 204 Å². The number of carbonyl (C=O) groups excluding carboxylic acids is 1. The first-order valence-corrected chi connectivity index (χ1v) is 12.0. The smallest absolute Gasteiger partial charge is 0.271 e. The zero-order chi connectivity index (χ0) is 23.6. The van der Waals surface area contributed by atoms with Crippen molar-refractivity contribution >= 4 is 23.9 Å². The average Bonchev–Trinajstić information content (AvgIpc) is 2.89. The molecule has 0 atom stereocenters. The second kappa shape index (κ2) is 11.9. The molecule has 4 aromatic rings. The number of aryl methyl sites for hydroxylation is 1. The van der Waals surface area contributed by atoms with Crippen molar-refractivity contribution in [2.24, 2.45) is 5.10 Å². The minimum Gasteiger partial charge on any atom is -0.489 e. The Bertz CT molecular complexity index is 1220.